The zero-order chi connectivity index (χ0) is 13.1. The second kappa shape index (κ2) is 5.47. The van der Waals surface area contributed by atoms with Gasteiger partial charge in [0, 0.05) is 18.4 Å². The maximum Gasteiger partial charge on any atom is 0.325 e. The van der Waals surface area contributed by atoms with Crippen molar-refractivity contribution >= 4 is 11.7 Å². The molecule has 0 bridgehead atoms. The third-order valence-electron chi connectivity index (χ3n) is 4.03. The van der Waals surface area contributed by atoms with E-state index in [1.165, 1.54) is 30.4 Å². The van der Waals surface area contributed by atoms with Crippen LogP contribution >= 0.6 is 0 Å². The van der Waals surface area contributed by atoms with E-state index >= 15 is 0 Å². The third kappa shape index (κ3) is 2.65. The average molecular weight is 256 g/mol. The Morgan fingerprint density at radius 3 is 2.74 bits per heavy atom. The van der Waals surface area contributed by atoms with Crippen molar-refractivity contribution < 1.29 is 4.79 Å². The van der Waals surface area contributed by atoms with Crippen LogP contribution in [0.3, 0.4) is 0 Å². The van der Waals surface area contributed by atoms with Crippen LogP contribution in [-0.4, -0.2) is 12.6 Å². The summed E-state index contributed by atoms with van der Waals surface area (Å²) in [5, 5.41) is 2.96. The first-order chi connectivity index (χ1) is 9.34. The second-order valence-electron chi connectivity index (χ2n) is 5.34. The minimum atomic E-state index is 0.00280. The van der Waals surface area contributed by atoms with Crippen LogP contribution in [0, 0.1) is 0 Å². The van der Waals surface area contributed by atoms with Gasteiger partial charge >= 0.3 is 6.03 Å². The topological polar surface area (TPSA) is 32.3 Å². The maximum absolute atomic E-state index is 12.2. The molecule has 0 saturated heterocycles. The highest BCUT2D eigenvalue weighted by Crippen LogP contribution is 2.27. The largest absolute Gasteiger partial charge is 0.325 e. The van der Waals surface area contributed by atoms with Crippen molar-refractivity contribution in [2.75, 3.05) is 11.4 Å². The van der Waals surface area contributed by atoms with E-state index in [0.717, 1.165) is 31.5 Å². The predicted octanol–water partition coefficient (Wildman–Crippen LogP) is 3.61. The summed E-state index contributed by atoms with van der Waals surface area (Å²) >= 11 is 0. The molecule has 1 fully saturated rings. The number of benzene rings is 1. The van der Waals surface area contributed by atoms with Crippen molar-refractivity contribution in [3.63, 3.8) is 0 Å². The van der Waals surface area contributed by atoms with Gasteiger partial charge in [-0.2, -0.15) is 0 Å². The van der Waals surface area contributed by atoms with Crippen LogP contribution in [0.2, 0.25) is 0 Å². The Morgan fingerprint density at radius 2 is 1.89 bits per heavy atom. The van der Waals surface area contributed by atoms with E-state index in [9.17, 15) is 4.79 Å². The Kier molecular flexibility index (Phi) is 3.53. The highest BCUT2D eigenvalue weighted by molar-refractivity contribution is 5.94. The Morgan fingerprint density at radius 1 is 1.11 bits per heavy atom. The van der Waals surface area contributed by atoms with Crippen molar-refractivity contribution in [3.8, 4) is 0 Å². The van der Waals surface area contributed by atoms with Crippen molar-refractivity contribution in [2.24, 2.45) is 0 Å². The van der Waals surface area contributed by atoms with Gasteiger partial charge in [-0.25, -0.2) is 4.79 Å². The minimum absolute atomic E-state index is 0.00280. The van der Waals surface area contributed by atoms with Crippen LogP contribution in [0.15, 0.2) is 36.0 Å². The Hall–Kier alpha value is -1.77. The van der Waals surface area contributed by atoms with E-state index in [1.807, 2.05) is 29.3 Å². The number of hydrogen-bond donors (Lipinski definition) is 1. The number of carbonyl (C=O) groups excluding carboxylic acids is 1. The van der Waals surface area contributed by atoms with Gasteiger partial charge in [-0.1, -0.05) is 30.2 Å². The van der Waals surface area contributed by atoms with Gasteiger partial charge in [-0.15, -0.1) is 0 Å². The molecule has 2 aliphatic rings. The van der Waals surface area contributed by atoms with Gasteiger partial charge in [-0.3, -0.25) is 4.90 Å². The zero-order valence-electron chi connectivity index (χ0n) is 11.2. The zero-order valence-corrected chi connectivity index (χ0v) is 11.2. The fraction of sp³-hybridized carbons (Fsp3) is 0.438. The summed E-state index contributed by atoms with van der Waals surface area (Å²) < 4.78 is 0. The minimum Gasteiger partial charge on any atom is -0.314 e. The van der Waals surface area contributed by atoms with E-state index in [0.29, 0.717) is 0 Å². The molecule has 3 rings (SSSR count). The number of anilines is 1. The van der Waals surface area contributed by atoms with Gasteiger partial charge in [0.2, 0.25) is 0 Å². The molecular weight excluding hydrogens is 236 g/mol. The van der Waals surface area contributed by atoms with Crippen LogP contribution in [0.25, 0.3) is 0 Å². The molecule has 1 aromatic carbocycles. The number of fused-ring (bicyclic) bond motifs is 1. The highest BCUT2D eigenvalue weighted by atomic mass is 16.2. The summed E-state index contributed by atoms with van der Waals surface area (Å²) in [6, 6.07) is 8.15. The molecule has 1 saturated carbocycles. The quantitative estimate of drug-likeness (QED) is 0.818. The average Bonchev–Trinajstić information content (AvgIpc) is 2.90. The number of amides is 2. The summed E-state index contributed by atoms with van der Waals surface area (Å²) in [7, 11) is 0. The van der Waals surface area contributed by atoms with E-state index in [2.05, 4.69) is 11.4 Å². The molecule has 1 aromatic rings. The first kappa shape index (κ1) is 12.3. The smallest absolute Gasteiger partial charge is 0.314 e. The Labute approximate surface area is 114 Å². The number of rotatable bonds is 1. The van der Waals surface area contributed by atoms with Gasteiger partial charge in [0.15, 0.2) is 0 Å². The summed E-state index contributed by atoms with van der Waals surface area (Å²) in [6.07, 6.45) is 9.00. The molecule has 0 spiro atoms. The van der Waals surface area contributed by atoms with Gasteiger partial charge in [0.25, 0.3) is 0 Å². The van der Waals surface area contributed by atoms with E-state index in [-0.39, 0.29) is 6.03 Å². The monoisotopic (exact) mass is 256 g/mol. The summed E-state index contributed by atoms with van der Waals surface area (Å²) in [6.45, 7) is 0.786. The number of allylic oxidation sites excluding steroid dienone is 1. The predicted molar refractivity (Wildman–Crippen MR) is 77.2 cm³/mol. The van der Waals surface area contributed by atoms with Crippen molar-refractivity contribution in [1.29, 1.82) is 0 Å². The fourth-order valence-electron chi connectivity index (χ4n) is 2.94. The van der Waals surface area contributed by atoms with Crippen LogP contribution in [0.1, 0.15) is 37.7 Å². The number of urea groups is 1. The van der Waals surface area contributed by atoms with Gasteiger partial charge < -0.3 is 5.32 Å². The molecule has 0 aromatic heterocycles. The summed E-state index contributed by atoms with van der Waals surface area (Å²) in [5.41, 5.74) is 3.71. The number of nitrogens with zero attached hydrogens (tertiary/aromatic N) is 1. The molecule has 0 radical (unpaired) electrons. The molecule has 19 heavy (non-hydrogen) atoms. The molecule has 0 unspecified atom stereocenters. The molecule has 3 nitrogen and oxygen atoms in total. The highest BCUT2D eigenvalue weighted by Gasteiger charge is 2.23. The van der Waals surface area contributed by atoms with Gasteiger partial charge in [0.05, 0.1) is 0 Å². The number of para-hydroxylation sites is 1. The summed E-state index contributed by atoms with van der Waals surface area (Å²) in [5.74, 6) is 0. The lowest BCUT2D eigenvalue weighted by Crippen LogP contribution is -2.36. The standard InChI is InChI=1S/C16H20N2O/c19-16(17-12-13-6-2-1-3-7-13)18-11-10-14-8-4-5-9-15(14)18/h4-5,8-9,12H,1-3,6-7,10-11H2,(H,17,19). The van der Waals surface area contributed by atoms with Gasteiger partial charge in [0.1, 0.15) is 0 Å². The first-order valence-corrected chi connectivity index (χ1v) is 7.18. The lowest BCUT2D eigenvalue weighted by molar-refractivity contribution is 0.249. The molecule has 2 amide bonds. The molecule has 1 heterocycles. The summed E-state index contributed by atoms with van der Waals surface area (Å²) in [4.78, 5) is 14.1. The van der Waals surface area contributed by atoms with E-state index < -0.39 is 0 Å². The molecule has 3 heteroatoms. The van der Waals surface area contributed by atoms with Crippen LogP contribution < -0.4 is 10.2 Å². The van der Waals surface area contributed by atoms with Crippen molar-refractivity contribution in [2.45, 2.75) is 38.5 Å². The van der Waals surface area contributed by atoms with Crippen molar-refractivity contribution in [3.05, 3.63) is 41.6 Å². The van der Waals surface area contributed by atoms with E-state index in [4.69, 9.17) is 0 Å². The lowest BCUT2D eigenvalue weighted by atomic mass is 9.96. The molecule has 100 valence electrons. The van der Waals surface area contributed by atoms with Crippen LogP contribution in [-0.2, 0) is 6.42 Å². The van der Waals surface area contributed by atoms with E-state index in [1.54, 1.807) is 0 Å². The Balaban J connectivity index is 1.65. The van der Waals surface area contributed by atoms with Crippen LogP contribution in [0.4, 0.5) is 10.5 Å². The lowest BCUT2D eigenvalue weighted by Gasteiger charge is -2.18. The Bertz CT molecular complexity index is 499. The molecule has 1 aliphatic carbocycles. The third-order valence-corrected chi connectivity index (χ3v) is 4.03. The molecular formula is C16H20N2O. The normalized spacial score (nSPS) is 18.1. The first-order valence-electron chi connectivity index (χ1n) is 7.18. The molecule has 1 N–H and O–H groups in total. The number of carbonyl (C=O) groups is 1. The number of hydrogen-bond acceptors (Lipinski definition) is 1. The SMILES string of the molecule is O=C(NC=C1CCCCC1)N1CCc2ccccc21. The fourth-order valence-corrected chi connectivity index (χ4v) is 2.94. The van der Waals surface area contributed by atoms with Gasteiger partial charge in [-0.05, 0) is 43.7 Å². The van der Waals surface area contributed by atoms with Crippen LogP contribution in [0.5, 0.6) is 0 Å². The second-order valence-corrected chi connectivity index (χ2v) is 5.34. The molecule has 1 aliphatic heterocycles. The number of nitrogens with one attached hydrogen (secondary N) is 1. The van der Waals surface area contributed by atoms with Crippen molar-refractivity contribution in [1.82, 2.24) is 5.32 Å². The molecule has 0 atom stereocenters. The maximum atomic E-state index is 12.2.